The molecule has 1 aromatic heterocycles. The minimum atomic E-state index is -0.237. The van der Waals surface area contributed by atoms with Crippen LogP contribution in [0, 0.1) is 5.82 Å². The van der Waals surface area contributed by atoms with Crippen LogP contribution in [0.1, 0.15) is 31.9 Å². The van der Waals surface area contributed by atoms with Crippen molar-refractivity contribution in [3.05, 3.63) is 59.7 Å². The second-order valence-electron chi connectivity index (χ2n) is 6.56. The fourth-order valence-electron chi connectivity index (χ4n) is 2.09. The number of aromatic nitrogens is 1. The standard InChI is InChI=1S/C18H23FN2O/c1-18(2,3)14-9-17(11-21-10-14)22-12-16(20)8-13-4-6-15(19)7-5-13/h4-7,9-11,16H,8,12,20H2,1-3H3/t16-/m1/s1. The summed E-state index contributed by atoms with van der Waals surface area (Å²) < 4.78 is 18.6. The van der Waals surface area contributed by atoms with Crippen molar-refractivity contribution in [1.29, 1.82) is 0 Å². The highest BCUT2D eigenvalue weighted by Crippen LogP contribution is 2.24. The molecule has 4 heteroatoms. The zero-order valence-corrected chi connectivity index (χ0v) is 13.3. The van der Waals surface area contributed by atoms with E-state index in [9.17, 15) is 4.39 Å². The van der Waals surface area contributed by atoms with Crippen LogP contribution in [0.3, 0.4) is 0 Å². The van der Waals surface area contributed by atoms with Crippen LogP contribution < -0.4 is 10.5 Å². The predicted molar refractivity (Wildman–Crippen MR) is 86.5 cm³/mol. The van der Waals surface area contributed by atoms with Gasteiger partial charge in [0.15, 0.2) is 0 Å². The Kier molecular flexibility index (Phi) is 5.14. The molecule has 0 radical (unpaired) electrons. The molecule has 1 atom stereocenters. The van der Waals surface area contributed by atoms with Gasteiger partial charge in [-0.25, -0.2) is 4.39 Å². The third kappa shape index (κ3) is 4.81. The molecule has 2 N–H and O–H groups in total. The van der Waals surface area contributed by atoms with E-state index in [2.05, 4.69) is 25.8 Å². The van der Waals surface area contributed by atoms with Crippen LogP contribution in [0.15, 0.2) is 42.7 Å². The molecule has 0 amide bonds. The molecule has 0 saturated heterocycles. The summed E-state index contributed by atoms with van der Waals surface area (Å²) in [5.41, 5.74) is 8.23. The summed E-state index contributed by atoms with van der Waals surface area (Å²) in [7, 11) is 0. The Labute approximate surface area is 131 Å². The van der Waals surface area contributed by atoms with Crippen molar-refractivity contribution in [3.63, 3.8) is 0 Å². The van der Waals surface area contributed by atoms with Crippen LogP contribution in [-0.4, -0.2) is 17.6 Å². The molecule has 2 rings (SSSR count). The lowest BCUT2D eigenvalue weighted by atomic mass is 9.88. The molecule has 0 aliphatic heterocycles. The number of hydrogen-bond donors (Lipinski definition) is 1. The smallest absolute Gasteiger partial charge is 0.137 e. The number of pyridine rings is 1. The van der Waals surface area contributed by atoms with Gasteiger partial charge in [-0.1, -0.05) is 32.9 Å². The predicted octanol–water partition coefficient (Wildman–Crippen LogP) is 3.47. The van der Waals surface area contributed by atoms with Crippen LogP contribution in [0.4, 0.5) is 4.39 Å². The van der Waals surface area contributed by atoms with Crippen LogP contribution in [0.5, 0.6) is 5.75 Å². The minimum Gasteiger partial charge on any atom is -0.490 e. The van der Waals surface area contributed by atoms with Gasteiger partial charge in [0.25, 0.3) is 0 Å². The zero-order chi connectivity index (χ0) is 16.2. The first-order chi connectivity index (χ1) is 10.3. The molecular formula is C18H23FN2O. The van der Waals surface area contributed by atoms with Crippen molar-refractivity contribution >= 4 is 0 Å². The molecule has 2 aromatic rings. The lowest BCUT2D eigenvalue weighted by Gasteiger charge is -2.19. The maximum absolute atomic E-state index is 12.9. The fraction of sp³-hybridized carbons (Fsp3) is 0.389. The third-order valence-corrected chi connectivity index (χ3v) is 3.45. The molecule has 3 nitrogen and oxygen atoms in total. The third-order valence-electron chi connectivity index (χ3n) is 3.45. The summed E-state index contributed by atoms with van der Waals surface area (Å²) in [6.45, 7) is 6.79. The van der Waals surface area contributed by atoms with Gasteiger partial charge < -0.3 is 10.5 Å². The van der Waals surface area contributed by atoms with E-state index in [1.165, 1.54) is 12.1 Å². The lowest BCUT2D eigenvalue weighted by molar-refractivity contribution is 0.286. The summed E-state index contributed by atoms with van der Waals surface area (Å²) in [5.74, 6) is 0.487. The van der Waals surface area contributed by atoms with E-state index in [4.69, 9.17) is 10.5 Å². The SMILES string of the molecule is CC(C)(C)c1cncc(OC[C@H](N)Cc2ccc(F)cc2)c1. The maximum Gasteiger partial charge on any atom is 0.137 e. The summed E-state index contributed by atoms with van der Waals surface area (Å²) in [5, 5.41) is 0. The molecule has 22 heavy (non-hydrogen) atoms. The van der Waals surface area contributed by atoms with E-state index in [-0.39, 0.29) is 17.3 Å². The van der Waals surface area contributed by atoms with Gasteiger partial charge in [0.05, 0.1) is 6.20 Å². The first kappa shape index (κ1) is 16.4. The molecule has 1 heterocycles. The largest absolute Gasteiger partial charge is 0.490 e. The van der Waals surface area contributed by atoms with Crippen LogP contribution in [0.25, 0.3) is 0 Å². The Bertz CT molecular complexity index is 605. The number of benzene rings is 1. The van der Waals surface area contributed by atoms with Crippen LogP contribution >= 0.6 is 0 Å². The van der Waals surface area contributed by atoms with E-state index in [0.29, 0.717) is 13.0 Å². The van der Waals surface area contributed by atoms with E-state index in [1.807, 2.05) is 12.3 Å². The molecule has 118 valence electrons. The average molecular weight is 302 g/mol. The minimum absolute atomic E-state index is 0.0304. The van der Waals surface area contributed by atoms with Crippen LogP contribution in [-0.2, 0) is 11.8 Å². The molecule has 0 aliphatic rings. The summed E-state index contributed by atoms with van der Waals surface area (Å²) >= 11 is 0. The van der Waals surface area contributed by atoms with Gasteiger partial charge in [0, 0.05) is 12.2 Å². The molecule has 1 aromatic carbocycles. The van der Waals surface area contributed by atoms with Gasteiger partial charge in [-0.3, -0.25) is 4.98 Å². The zero-order valence-electron chi connectivity index (χ0n) is 13.3. The van der Waals surface area contributed by atoms with Crippen molar-refractivity contribution in [3.8, 4) is 5.75 Å². The van der Waals surface area contributed by atoms with Crippen LogP contribution in [0.2, 0.25) is 0 Å². The van der Waals surface area contributed by atoms with E-state index in [1.54, 1.807) is 18.3 Å². The molecule has 0 saturated carbocycles. The number of halogens is 1. The van der Waals surface area contributed by atoms with Gasteiger partial charge in [-0.15, -0.1) is 0 Å². The number of hydrogen-bond acceptors (Lipinski definition) is 3. The van der Waals surface area contributed by atoms with Crippen molar-refractivity contribution < 1.29 is 9.13 Å². The first-order valence-corrected chi connectivity index (χ1v) is 7.43. The van der Waals surface area contributed by atoms with Crippen molar-refractivity contribution in [1.82, 2.24) is 4.98 Å². The maximum atomic E-state index is 12.9. The Hall–Kier alpha value is -1.94. The fourth-order valence-corrected chi connectivity index (χ4v) is 2.09. The van der Waals surface area contributed by atoms with Gasteiger partial charge in [-0.2, -0.15) is 0 Å². The summed E-state index contributed by atoms with van der Waals surface area (Å²) in [6, 6.07) is 8.23. The van der Waals surface area contributed by atoms with Crippen molar-refractivity contribution in [2.45, 2.75) is 38.6 Å². The molecule has 0 bridgehead atoms. The van der Waals surface area contributed by atoms with E-state index < -0.39 is 0 Å². The first-order valence-electron chi connectivity index (χ1n) is 7.43. The van der Waals surface area contributed by atoms with Crippen molar-refractivity contribution in [2.75, 3.05) is 6.61 Å². The van der Waals surface area contributed by atoms with Crippen molar-refractivity contribution in [2.24, 2.45) is 5.73 Å². The van der Waals surface area contributed by atoms with Gasteiger partial charge in [0.1, 0.15) is 18.2 Å². The molecule has 0 spiro atoms. The topological polar surface area (TPSA) is 48.1 Å². The number of nitrogens with zero attached hydrogens (tertiary/aromatic N) is 1. The highest BCUT2D eigenvalue weighted by molar-refractivity contribution is 5.28. The highest BCUT2D eigenvalue weighted by atomic mass is 19.1. The second-order valence-corrected chi connectivity index (χ2v) is 6.56. The Balaban J connectivity index is 1.91. The average Bonchev–Trinajstić information content (AvgIpc) is 2.47. The Morgan fingerprint density at radius 3 is 2.50 bits per heavy atom. The number of rotatable bonds is 5. The lowest BCUT2D eigenvalue weighted by Crippen LogP contribution is -2.30. The number of nitrogens with two attached hydrogens (primary N) is 1. The normalized spacial score (nSPS) is 13.0. The second kappa shape index (κ2) is 6.88. The van der Waals surface area contributed by atoms with E-state index in [0.717, 1.165) is 16.9 Å². The molecule has 0 fully saturated rings. The number of ether oxygens (including phenoxy) is 1. The highest BCUT2D eigenvalue weighted by Gasteiger charge is 2.15. The quantitative estimate of drug-likeness (QED) is 0.920. The van der Waals surface area contributed by atoms with Gasteiger partial charge in [0.2, 0.25) is 0 Å². The molecular weight excluding hydrogens is 279 g/mol. The Morgan fingerprint density at radius 2 is 1.86 bits per heavy atom. The molecule has 0 aliphatic carbocycles. The van der Waals surface area contributed by atoms with Gasteiger partial charge >= 0.3 is 0 Å². The summed E-state index contributed by atoms with van der Waals surface area (Å²) in [4.78, 5) is 4.22. The Morgan fingerprint density at radius 1 is 1.18 bits per heavy atom. The van der Waals surface area contributed by atoms with E-state index >= 15 is 0 Å². The monoisotopic (exact) mass is 302 g/mol. The summed E-state index contributed by atoms with van der Waals surface area (Å²) in [6.07, 6.45) is 4.19. The molecule has 0 unspecified atom stereocenters. The van der Waals surface area contributed by atoms with Gasteiger partial charge in [-0.05, 0) is 41.2 Å².